The highest BCUT2D eigenvalue weighted by molar-refractivity contribution is 8.04. The van der Waals surface area contributed by atoms with E-state index in [2.05, 4.69) is 49.6 Å². The van der Waals surface area contributed by atoms with Gasteiger partial charge < -0.3 is 0 Å². The lowest BCUT2D eigenvalue weighted by molar-refractivity contribution is 0.194. The molecule has 3 heteroatoms. The van der Waals surface area contributed by atoms with Crippen LogP contribution in [0.5, 0.6) is 0 Å². The van der Waals surface area contributed by atoms with Crippen LogP contribution in [0.25, 0.3) is 0 Å². The molecule has 0 aromatic heterocycles. The highest BCUT2D eigenvalue weighted by Crippen LogP contribution is 2.50. The lowest BCUT2D eigenvalue weighted by Gasteiger charge is -2.53. The molecule has 0 aromatic carbocycles. The van der Waals surface area contributed by atoms with Crippen molar-refractivity contribution in [1.82, 2.24) is 5.32 Å². The van der Waals surface area contributed by atoms with Crippen LogP contribution in [0.15, 0.2) is 0 Å². The first-order valence-electron chi connectivity index (χ1n) is 5.55. The predicted octanol–water partition coefficient (Wildman–Crippen LogP) is 2.96. The normalized spacial score (nSPS) is 42.6. The van der Waals surface area contributed by atoms with Crippen LogP contribution in [-0.2, 0) is 0 Å². The van der Waals surface area contributed by atoms with E-state index in [9.17, 15) is 0 Å². The van der Waals surface area contributed by atoms with Gasteiger partial charge in [-0.25, -0.2) is 0 Å². The number of thioether (sulfide) groups is 2. The smallest absolute Gasteiger partial charge is 0.0790 e. The molecule has 0 radical (unpaired) electrons. The van der Waals surface area contributed by atoms with Crippen LogP contribution in [0.2, 0.25) is 0 Å². The third-order valence-corrected chi connectivity index (χ3v) is 6.71. The summed E-state index contributed by atoms with van der Waals surface area (Å²) in [5.74, 6) is 3.96. The second-order valence-electron chi connectivity index (χ2n) is 5.20. The molecule has 1 spiro atoms. The van der Waals surface area contributed by atoms with Crippen molar-refractivity contribution in [3.05, 3.63) is 0 Å². The quantitative estimate of drug-likeness (QED) is 0.688. The van der Waals surface area contributed by atoms with Gasteiger partial charge in [-0.15, -0.1) is 11.8 Å². The molecule has 1 N–H and O–H groups in total. The summed E-state index contributed by atoms with van der Waals surface area (Å²) < 4.78 is 0. The molecule has 2 atom stereocenters. The Morgan fingerprint density at radius 3 is 2.71 bits per heavy atom. The van der Waals surface area contributed by atoms with Gasteiger partial charge in [0.1, 0.15) is 0 Å². The molecule has 0 amide bonds. The standard InChI is InChI=1S/C11H21NS2/c1-9-4-6-14-11(12-9)8-13-7-5-10(11,2)3/h9,12H,4-8H2,1-3H3. The molecule has 2 unspecified atom stereocenters. The van der Waals surface area contributed by atoms with E-state index in [0.29, 0.717) is 16.3 Å². The summed E-state index contributed by atoms with van der Waals surface area (Å²) >= 11 is 4.29. The maximum absolute atomic E-state index is 3.86. The zero-order valence-electron chi connectivity index (χ0n) is 9.43. The van der Waals surface area contributed by atoms with Crippen LogP contribution in [0.3, 0.4) is 0 Å². The fourth-order valence-electron chi connectivity index (χ4n) is 2.34. The minimum absolute atomic E-state index is 0.355. The molecule has 0 aromatic rings. The fraction of sp³-hybridized carbons (Fsp3) is 1.00. The highest BCUT2D eigenvalue weighted by atomic mass is 32.2. The van der Waals surface area contributed by atoms with Crippen LogP contribution in [-0.4, -0.2) is 28.2 Å². The summed E-state index contributed by atoms with van der Waals surface area (Å²) in [5, 5.41) is 3.86. The van der Waals surface area contributed by atoms with E-state index >= 15 is 0 Å². The fourth-order valence-corrected chi connectivity index (χ4v) is 6.08. The average Bonchev–Trinajstić information content (AvgIpc) is 2.11. The van der Waals surface area contributed by atoms with Crippen LogP contribution < -0.4 is 5.32 Å². The molecule has 2 fully saturated rings. The van der Waals surface area contributed by atoms with E-state index in [-0.39, 0.29) is 0 Å². The number of hydrogen-bond donors (Lipinski definition) is 1. The van der Waals surface area contributed by atoms with Crippen molar-refractivity contribution in [2.45, 2.75) is 44.5 Å². The third kappa shape index (κ3) is 1.83. The van der Waals surface area contributed by atoms with E-state index < -0.39 is 0 Å². The Labute approximate surface area is 96.2 Å². The van der Waals surface area contributed by atoms with Crippen molar-refractivity contribution >= 4 is 23.5 Å². The zero-order chi connectivity index (χ0) is 10.2. The van der Waals surface area contributed by atoms with E-state index in [0.717, 1.165) is 0 Å². The van der Waals surface area contributed by atoms with Gasteiger partial charge in [-0.05, 0) is 36.7 Å². The van der Waals surface area contributed by atoms with Crippen molar-refractivity contribution in [2.24, 2.45) is 5.41 Å². The SMILES string of the molecule is CC1CCSC2(CSCCC2(C)C)N1. The number of nitrogens with one attached hydrogen (secondary N) is 1. The summed E-state index contributed by atoms with van der Waals surface area (Å²) in [6, 6.07) is 0.703. The molecular formula is C11H21NS2. The zero-order valence-corrected chi connectivity index (χ0v) is 11.1. The second kappa shape index (κ2) is 3.91. The number of hydrogen-bond acceptors (Lipinski definition) is 3. The summed E-state index contributed by atoms with van der Waals surface area (Å²) in [5.41, 5.74) is 0.456. The first-order chi connectivity index (χ1) is 6.56. The lowest BCUT2D eigenvalue weighted by atomic mass is 9.81. The second-order valence-corrected chi connectivity index (χ2v) is 7.70. The lowest BCUT2D eigenvalue weighted by Crippen LogP contribution is -2.62. The Hall–Kier alpha value is 0.660. The van der Waals surface area contributed by atoms with Crippen molar-refractivity contribution in [3.8, 4) is 0 Å². The first-order valence-corrected chi connectivity index (χ1v) is 7.69. The highest BCUT2D eigenvalue weighted by Gasteiger charge is 2.49. The van der Waals surface area contributed by atoms with Gasteiger partial charge in [0.15, 0.2) is 0 Å². The maximum Gasteiger partial charge on any atom is 0.0790 e. The number of rotatable bonds is 0. The van der Waals surface area contributed by atoms with Gasteiger partial charge in [0.2, 0.25) is 0 Å². The minimum atomic E-state index is 0.355. The van der Waals surface area contributed by atoms with Crippen molar-refractivity contribution in [1.29, 1.82) is 0 Å². The monoisotopic (exact) mass is 231 g/mol. The first kappa shape index (κ1) is 11.2. The molecule has 0 bridgehead atoms. The maximum atomic E-state index is 3.86. The Balaban J connectivity index is 2.18. The largest absolute Gasteiger partial charge is 0.299 e. The molecule has 2 aliphatic rings. The van der Waals surface area contributed by atoms with Gasteiger partial charge in [0.05, 0.1) is 4.87 Å². The minimum Gasteiger partial charge on any atom is -0.299 e. The summed E-state index contributed by atoms with van der Waals surface area (Å²) in [4.78, 5) is 0.355. The van der Waals surface area contributed by atoms with E-state index in [1.54, 1.807) is 0 Å². The van der Waals surface area contributed by atoms with Crippen molar-refractivity contribution in [3.63, 3.8) is 0 Å². The van der Waals surface area contributed by atoms with Crippen molar-refractivity contribution in [2.75, 3.05) is 17.3 Å². The van der Waals surface area contributed by atoms with Gasteiger partial charge >= 0.3 is 0 Å². The van der Waals surface area contributed by atoms with Gasteiger partial charge in [0.25, 0.3) is 0 Å². The average molecular weight is 231 g/mol. The summed E-state index contributed by atoms with van der Waals surface area (Å²) in [7, 11) is 0. The molecule has 2 aliphatic heterocycles. The summed E-state index contributed by atoms with van der Waals surface area (Å²) in [6.45, 7) is 7.20. The van der Waals surface area contributed by atoms with Crippen LogP contribution in [0.1, 0.15) is 33.6 Å². The molecule has 2 heterocycles. The molecule has 14 heavy (non-hydrogen) atoms. The molecule has 82 valence electrons. The Bertz CT molecular complexity index is 213. The van der Waals surface area contributed by atoms with Gasteiger partial charge in [-0.1, -0.05) is 13.8 Å². The molecule has 1 nitrogen and oxygen atoms in total. The molecule has 2 saturated heterocycles. The topological polar surface area (TPSA) is 12.0 Å². The predicted molar refractivity (Wildman–Crippen MR) is 68.1 cm³/mol. The Morgan fingerprint density at radius 1 is 1.29 bits per heavy atom. The molecule has 0 saturated carbocycles. The third-order valence-electron chi connectivity index (χ3n) is 3.65. The Kier molecular flexibility index (Phi) is 3.12. The van der Waals surface area contributed by atoms with E-state index in [1.807, 2.05) is 0 Å². The van der Waals surface area contributed by atoms with Gasteiger partial charge in [-0.3, -0.25) is 5.32 Å². The van der Waals surface area contributed by atoms with Crippen LogP contribution >= 0.6 is 23.5 Å². The van der Waals surface area contributed by atoms with Gasteiger partial charge in [-0.2, -0.15) is 11.8 Å². The van der Waals surface area contributed by atoms with Crippen LogP contribution in [0, 0.1) is 5.41 Å². The molecule has 0 aliphatic carbocycles. The molecule has 2 rings (SSSR count). The van der Waals surface area contributed by atoms with E-state index in [1.165, 1.54) is 30.1 Å². The van der Waals surface area contributed by atoms with Gasteiger partial charge in [0, 0.05) is 11.8 Å². The Morgan fingerprint density at radius 2 is 2.07 bits per heavy atom. The van der Waals surface area contributed by atoms with E-state index in [4.69, 9.17) is 0 Å². The summed E-state index contributed by atoms with van der Waals surface area (Å²) in [6.07, 6.45) is 2.68. The van der Waals surface area contributed by atoms with Crippen molar-refractivity contribution < 1.29 is 0 Å². The molecular weight excluding hydrogens is 210 g/mol. The van der Waals surface area contributed by atoms with Crippen LogP contribution in [0.4, 0.5) is 0 Å².